The van der Waals surface area contributed by atoms with Gasteiger partial charge in [-0.3, -0.25) is 14.2 Å². The molecule has 0 atom stereocenters. The maximum absolute atomic E-state index is 12.4. The Morgan fingerprint density at radius 1 is 1.38 bits per heavy atom. The number of nitrogens with one attached hydrogen (secondary N) is 1. The van der Waals surface area contributed by atoms with Gasteiger partial charge in [-0.25, -0.2) is 4.98 Å². The van der Waals surface area contributed by atoms with E-state index in [1.54, 1.807) is 18.2 Å². The number of aryl methyl sites for hydroxylation is 1. The van der Waals surface area contributed by atoms with Gasteiger partial charge in [-0.2, -0.15) is 0 Å². The quantitative estimate of drug-likeness (QED) is 0.732. The third-order valence-corrected chi connectivity index (χ3v) is 4.32. The van der Waals surface area contributed by atoms with Crippen LogP contribution in [0.4, 0.5) is 0 Å². The monoisotopic (exact) mass is 373 g/mol. The number of aromatic hydroxyl groups is 1. The molecule has 26 heavy (non-hydrogen) atoms. The molecule has 2 aromatic heterocycles. The van der Waals surface area contributed by atoms with Gasteiger partial charge in [0.15, 0.2) is 17.3 Å². The number of benzene rings is 1. The summed E-state index contributed by atoms with van der Waals surface area (Å²) in [5.41, 5.74) is 0.604. The van der Waals surface area contributed by atoms with E-state index in [4.69, 9.17) is 16.0 Å². The summed E-state index contributed by atoms with van der Waals surface area (Å²) in [5.74, 6) is -0.947. The fourth-order valence-electron chi connectivity index (χ4n) is 2.39. The Morgan fingerprint density at radius 2 is 2.15 bits per heavy atom. The van der Waals surface area contributed by atoms with Crippen molar-refractivity contribution in [2.45, 2.75) is 13.5 Å². The lowest BCUT2D eigenvalue weighted by atomic mass is 10.1. The highest BCUT2D eigenvalue weighted by atomic mass is 35.5. The summed E-state index contributed by atoms with van der Waals surface area (Å²) in [7, 11) is 1.43. The van der Waals surface area contributed by atoms with Crippen LogP contribution in [0.15, 0.2) is 45.8 Å². The van der Waals surface area contributed by atoms with E-state index in [-0.39, 0.29) is 18.1 Å². The molecule has 0 radical (unpaired) electrons. The second-order valence-electron chi connectivity index (χ2n) is 5.74. The second kappa shape index (κ2) is 7.05. The van der Waals surface area contributed by atoms with Crippen molar-refractivity contribution in [2.75, 3.05) is 0 Å². The fraction of sp³-hybridized carbons (Fsp3) is 0.167. The summed E-state index contributed by atoms with van der Waals surface area (Å²) >= 11 is 6.07. The molecule has 1 amide bonds. The predicted molar refractivity (Wildman–Crippen MR) is 96.2 cm³/mol. The Labute approximate surface area is 153 Å². The number of hydrogen-bond acceptors (Lipinski definition) is 5. The van der Waals surface area contributed by atoms with Gasteiger partial charge < -0.3 is 14.8 Å². The number of carbonyl (C=O) groups excluding carboxylic acids is 1. The minimum Gasteiger partial charge on any atom is -0.501 e. The first-order chi connectivity index (χ1) is 12.4. The van der Waals surface area contributed by atoms with E-state index < -0.39 is 17.2 Å². The first-order valence-corrected chi connectivity index (χ1v) is 8.13. The van der Waals surface area contributed by atoms with E-state index in [9.17, 15) is 14.7 Å². The average molecular weight is 374 g/mol. The lowest BCUT2D eigenvalue weighted by Crippen LogP contribution is -2.29. The number of halogens is 1. The molecule has 0 bridgehead atoms. The SMILES string of the molecule is Cc1ccc(CNC(=O)c2nc(-c3ccco3)n(C)c(=O)c2O)cc1Cl. The van der Waals surface area contributed by atoms with Gasteiger partial charge in [0.25, 0.3) is 11.5 Å². The predicted octanol–water partition coefficient (Wildman–Crippen LogP) is 2.64. The van der Waals surface area contributed by atoms with Crippen LogP contribution in [0.25, 0.3) is 11.6 Å². The van der Waals surface area contributed by atoms with Crippen molar-refractivity contribution >= 4 is 17.5 Å². The lowest BCUT2D eigenvalue weighted by Gasteiger charge is -2.10. The minimum atomic E-state index is -0.741. The van der Waals surface area contributed by atoms with Gasteiger partial charge in [-0.05, 0) is 36.2 Å². The smallest absolute Gasteiger partial charge is 0.296 e. The standard InChI is InChI=1S/C18H16ClN3O4/c1-10-5-6-11(8-12(10)19)9-20-17(24)14-15(23)18(25)22(2)16(21-14)13-4-3-7-26-13/h3-8,23H,9H2,1-2H3,(H,20,24). The molecular formula is C18H16ClN3O4. The summed E-state index contributed by atoms with van der Waals surface area (Å²) in [6.07, 6.45) is 1.43. The van der Waals surface area contributed by atoms with E-state index >= 15 is 0 Å². The Balaban J connectivity index is 1.89. The number of nitrogens with zero attached hydrogens (tertiary/aromatic N) is 2. The minimum absolute atomic E-state index is 0.140. The van der Waals surface area contributed by atoms with Crippen molar-refractivity contribution in [1.29, 1.82) is 0 Å². The van der Waals surface area contributed by atoms with Crippen molar-refractivity contribution in [3.63, 3.8) is 0 Å². The van der Waals surface area contributed by atoms with Crippen LogP contribution in [0.1, 0.15) is 21.6 Å². The van der Waals surface area contributed by atoms with Crippen LogP contribution in [0, 0.1) is 6.92 Å². The van der Waals surface area contributed by atoms with E-state index in [0.717, 1.165) is 15.7 Å². The van der Waals surface area contributed by atoms with E-state index in [0.29, 0.717) is 10.8 Å². The third-order valence-electron chi connectivity index (χ3n) is 3.91. The van der Waals surface area contributed by atoms with Crippen LogP contribution in [0.5, 0.6) is 5.75 Å². The average Bonchev–Trinajstić information content (AvgIpc) is 3.15. The number of aromatic nitrogens is 2. The summed E-state index contributed by atoms with van der Waals surface area (Å²) in [4.78, 5) is 28.7. The molecule has 0 spiro atoms. The Kier molecular flexibility index (Phi) is 4.81. The van der Waals surface area contributed by atoms with Crippen LogP contribution >= 0.6 is 11.6 Å². The van der Waals surface area contributed by atoms with Crippen LogP contribution in [0.2, 0.25) is 5.02 Å². The Bertz CT molecular complexity index is 1030. The van der Waals surface area contributed by atoms with Crippen molar-refractivity contribution in [3.05, 3.63) is 68.8 Å². The van der Waals surface area contributed by atoms with Crippen LogP contribution in [0.3, 0.4) is 0 Å². The Morgan fingerprint density at radius 3 is 2.81 bits per heavy atom. The molecule has 0 unspecified atom stereocenters. The molecular weight excluding hydrogens is 358 g/mol. The van der Waals surface area contributed by atoms with Gasteiger partial charge in [-0.15, -0.1) is 0 Å². The van der Waals surface area contributed by atoms with Crippen LogP contribution in [-0.4, -0.2) is 20.6 Å². The van der Waals surface area contributed by atoms with Crippen LogP contribution < -0.4 is 10.9 Å². The molecule has 0 saturated heterocycles. The molecule has 3 rings (SSSR count). The highest BCUT2D eigenvalue weighted by Gasteiger charge is 2.21. The van der Waals surface area contributed by atoms with Gasteiger partial charge in [0.2, 0.25) is 5.75 Å². The Hall–Kier alpha value is -3.06. The summed E-state index contributed by atoms with van der Waals surface area (Å²) in [6, 6.07) is 8.65. The normalized spacial score (nSPS) is 10.7. The molecule has 2 heterocycles. The van der Waals surface area contributed by atoms with Gasteiger partial charge in [0, 0.05) is 18.6 Å². The maximum atomic E-state index is 12.4. The molecule has 8 heteroatoms. The van der Waals surface area contributed by atoms with E-state index in [2.05, 4.69) is 10.3 Å². The van der Waals surface area contributed by atoms with Crippen molar-refractivity contribution in [1.82, 2.24) is 14.9 Å². The molecule has 0 aliphatic carbocycles. The number of furan rings is 1. The van der Waals surface area contributed by atoms with E-state index in [1.807, 2.05) is 19.1 Å². The zero-order chi connectivity index (χ0) is 18.8. The van der Waals surface area contributed by atoms with Gasteiger partial charge in [0.05, 0.1) is 6.26 Å². The zero-order valence-corrected chi connectivity index (χ0v) is 14.9. The van der Waals surface area contributed by atoms with Crippen molar-refractivity contribution in [2.24, 2.45) is 7.05 Å². The fourth-order valence-corrected chi connectivity index (χ4v) is 2.59. The number of hydrogen-bond donors (Lipinski definition) is 2. The topological polar surface area (TPSA) is 97.4 Å². The number of amides is 1. The lowest BCUT2D eigenvalue weighted by molar-refractivity contribution is 0.0942. The molecule has 134 valence electrons. The molecule has 1 aromatic carbocycles. The highest BCUT2D eigenvalue weighted by Crippen LogP contribution is 2.20. The van der Waals surface area contributed by atoms with Crippen molar-refractivity contribution in [3.8, 4) is 17.3 Å². The van der Waals surface area contributed by atoms with Gasteiger partial charge in [-0.1, -0.05) is 23.7 Å². The second-order valence-corrected chi connectivity index (χ2v) is 6.15. The maximum Gasteiger partial charge on any atom is 0.296 e. The molecule has 3 aromatic rings. The first kappa shape index (κ1) is 17.8. The van der Waals surface area contributed by atoms with Crippen molar-refractivity contribution < 1.29 is 14.3 Å². The summed E-state index contributed by atoms with van der Waals surface area (Å²) in [6.45, 7) is 2.05. The molecule has 0 fully saturated rings. The molecule has 0 aliphatic rings. The molecule has 2 N–H and O–H groups in total. The van der Waals surface area contributed by atoms with Gasteiger partial charge in [0.1, 0.15) is 0 Å². The van der Waals surface area contributed by atoms with E-state index in [1.165, 1.54) is 13.3 Å². The zero-order valence-electron chi connectivity index (χ0n) is 14.1. The third kappa shape index (κ3) is 3.34. The summed E-state index contributed by atoms with van der Waals surface area (Å²) in [5, 5.41) is 13.3. The largest absolute Gasteiger partial charge is 0.501 e. The number of carbonyl (C=O) groups is 1. The highest BCUT2D eigenvalue weighted by molar-refractivity contribution is 6.31. The molecule has 7 nitrogen and oxygen atoms in total. The van der Waals surface area contributed by atoms with Gasteiger partial charge >= 0.3 is 0 Å². The summed E-state index contributed by atoms with van der Waals surface area (Å²) < 4.78 is 6.35. The molecule has 0 saturated carbocycles. The number of rotatable bonds is 4. The van der Waals surface area contributed by atoms with Crippen LogP contribution in [-0.2, 0) is 13.6 Å². The molecule has 0 aliphatic heterocycles. The first-order valence-electron chi connectivity index (χ1n) is 7.75.